The van der Waals surface area contributed by atoms with Gasteiger partial charge in [-0.2, -0.15) is 8.42 Å². The predicted octanol–water partition coefficient (Wildman–Crippen LogP) is -2.89. The Balaban J connectivity index is -0.000000286. The van der Waals surface area contributed by atoms with Crippen molar-refractivity contribution in [2.75, 3.05) is 34.3 Å². The third kappa shape index (κ3) is 12.3. The Kier molecular flexibility index (Phi) is 12.3. The largest absolute Gasteiger partial charge is 1.00 e. The van der Waals surface area contributed by atoms with Gasteiger partial charge in [0, 0.05) is 0 Å². The maximum absolute atomic E-state index is 10.5. The number of aliphatic hydroxyl groups excluding tert-OH is 1. The SMILES string of the molecule is C[N+](C)(C)CCO.Cc1ccc(S(=O)(=O)O)cc1.O.[Cl-]. The average Bonchev–Trinajstić information content (AvgIpc) is 2.15. The minimum Gasteiger partial charge on any atom is -1.00 e. The molecule has 0 aliphatic heterocycles. The third-order valence-corrected chi connectivity index (χ3v) is 2.96. The molecule has 0 aliphatic carbocycles. The number of likely N-dealkylation sites (N-methyl/N-ethyl adjacent to an activating group) is 1. The average molecular weight is 330 g/mol. The number of aliphatic hydroxyl groups is 1. The van der Waals surface area contributed by atoms with Crippen LogP contribution in [0.25, 0.3) is 0 Å². The van der Waals surface area contributed by atoms with E-state index in [2.05, 4.69) is 21.1 Å². The minimum atomic E-state index is -4.02. The smallest absolute Gasteiger partial charge is 0.294 e. The number of halogens is 1. The van der Waals surface area contributed by atoms with E-state index in [1.54, 1.807) is 12.1 Å². The standard InChI is InChI=1S/C7H8O3S.C5H14NO.ClH.H2O/c1-6-2-4-7(5-3-6)11(8,9)10;1-6(2,3)4-5-7;;/h2-5H,1H3,(H,8,9,10);7H,4-5H2,1-3H3;1H;1H2/q;+1;;/p-1. The fourth-order valence-electron chi connectivity index (χ4n) is 1.01. The van der Waals surface area contributed by atoms with E-state index >= 15 is 0 Å². The summed E-state index contributed by atoms with van der Waals surface area (Å²) in [6.07, 6.45) is 0. The molecule has 0 aliphatic rings. The first-order chi connectivity index (χ1) is 8.06. The number of hydrogen-bond donors (Lipinski definition) is 2. The summed E-state index contributed by atoms with van der Waals surface area (Å²) in [5, 5.41) is 8.39. The first-order valence-electron chi connectivity index (χ1n) is 5.52. The number of nitrogens with zero attached hydrogens (tertiary/aromatic N) is 1. The van der Waals surface area contributed by atoms with Crippen LogP contribution in [0.3, 0.4) is 0 Å². The second kappa shape index (κ2) is 10.1. The monoisotopic (exact) mass is 329 g/mol. The van der Waals surface area contributed by atoms with Gasteiger partial charge in [0.15, 0.2) is 0 Å². The summed E-state index contributed by atoms with van der Waals surface area (Å²) in [6.45, 7) is 2.96. The topological polar surface area (TPSA) is 106 Å². The molecule has 0 spiro atoms. The van der Waals surface area contributed by atoms with Gasteiger partial charge in [-0.25, -0.2) is 0 Å². The van der Waals surface area contributed by atoms with Crippen LogP contribution >= 0.6 is 0 Å². The normalized spacial score (nSPS) is 10.5. The Morgan fingerprint density at radius 2 is 1.50 bits per heavy atom. The van der Waals surface area contributed by atoms with Crippen LogP contribution in [-0.4, -0.2) is 62.3 Å². The van der Waals surface area contributed by atoms with Gasteiger partial charge in [0.1, 0.15) is 6.54 Å². The van der Waals surface area contributed by atoms with E-state index in [1.807, 2.05) is 6.92 Å². The van der Waals surface area contributed by atoms with Crippen molar-refractivity contribution in [1.82, 2.24) is 0 Å². The fraction of sp³-hybridized carbons (Fsp3) is 0.500. The summed E-state index contributed by atoms with van der Waals surface area (Å²) >= 11 is 0. The molecule has 20 heavy (non-hydrogen) atoms. The Hall–Kier alpha value is -0.700. The Bertz CT molecular complexity index is 454. The third-order valence-electron chi connectivity index (χ3n) is 2.09. The molecular formula is C12H24ClNO5S. The van der Waals surface area contributed by atoms with E-state index in [-0.39, 0.29) is 29.4 Å². The number of hydrogen-bond acceptors (Lipinski definition) is 3. The molecule has 0 saturated carbocycles. The molecule has 6 nitrogen and oxygen atoms in total. The molecule has 0 atom stereocenters. The molecular weight excluding hydrogens is 306 g/mol. The Morgan fingerprint density at radius 1 is 1.10 bits per heavy atom. The maximum atomic E-state index is 10.5. The molecule has 0 heterocycles. The van der Waals surface area contributed by atoms with Gasteiger partial charge in [0.25, 0.3) is 10.1 Å². The van der Waals surface area contributed by atoms with E-state index in [0.717, 1.165) is 16.6 Å². The number of rotatable bonds is 3. The van der Waals surface area contributed by atoms with Crippen molar-refractivity contribution in [3.63, 3.8) is 0 Å². The maximum Gasteiger partial charge on any atom is 0.294 e. The van der Waals surface area contributed by atoms with E-state index < -0.39 is 10.1 Å². The van der Waals surface area contributed by atoms with Crippen LogP contribution in [0.2, 0.25) is 0 Å². The second-order valence-electron chi connectivity index (χ2n) is 5.03. The van der Waals surface area contributed by atoms with E-state index in [0.29, 0.717) is 0 Å². The predicted molar refractivity (Wildman–Crippen MR) is 74.6 cm³/mol. The highest BCUT2D eigenvalue weighted by Gasteiger charge is 2.06. The van der Waals surface area contributed by atoms with Crippen LogP contribution in [0.1, 0.15) is 5.56 Å². The molecule has 1 aromatic carbocycles. The number of quaternary nitrogens is 1. The first kappa shape index (κ1) is 24.3. The van der Waals surface area contributed by atoms with Crippen LogP contribution in [-0.2, 0) is 10.1 Å². The fourth-order valence-corrected chi connectivity index (χ4v) is 1.49. The summed E-state index contributed by atoms with van der Waals surface area (Å²) in [7, 11) is 2.14. The summed E-state index contributed by atoms with van der Waals surface area (Å²) in [4.78, 5) is -0.0666. The van der Waals surface area contributed by atoms with Crippen molar-refractivity contribution in [2.45, 2.75) is 11.8 Å². The van der Waals surface area contributed by atoms with Gasteiger partial charge in [-0.05, 0) is 19.1 Å². The molecule has 0 bridgehead atoms. The molecule has 120 valence electrons. The molecule has 0 saturated heterocycles. The Labute approximate surface area is 127 Å². The Morgan fingerprint density at radius 3 is 1.70 bits per heavy atom. The zero-order chi connectivity index (χ0) is 14.4. The highest BCUT2D eigenvalue weighted by atomic mass is 35.5. The lowest BCUT2D eigenvalue weighted by molar-refractivity contribution is -0.870. The molecule has 0 unspecified atom stereocenters. The van der Waals surface area contributed by atoms with Crippen molar-refractivity contribution in [1.29, 1.82) is 0 Å². The second-order valence-corrected chi connectivity index (χ2v) is 6.45. The van der Waals surface area contributed by atoms with Crippen LogP contribution in [0.4, 0.5) is 0 Å². The molecule has 4 N–H and O–H groups in total. The summed E-state index contributed by atoms with van der Waals surface area (Å²) < 4.78 is 30.4. The van der Waals surface area contributed by atoms with Gasteiger partial charge in [-0.1, -0.05) is 17.7 Å². The highest BCUT2D eigenvalue weighted by molar-refractivity contribution is 7.85. The molecule has 1 rings (SSSR count). The van der Waals surface area contributed by atoms with E-state index in [9.17, 15) is 8.42 Å². The minimum absolute atomic E-state index is 0. The van der Waals surface area contributed by atoms with Crippen molar-refractivity contribution in [3.05, 3.63) is 29.8 Å². The highest BCUT2D eigenvalue weighted by Crippen LogP contribution is 2.08. The lowest BCUT2D eigenvalue weighted by Crippen LogP contribution is -3.00. The van der Waals surface area contributed by atoms with Crippen molar-refractivity contribution >= 4 is 10.1 Å². The molecule has 8 heteroatoms. The molecule has 0 fully saturated rings. The molecule has 0 aromatic heterocycles. The quantitative estimate of drug-likeness (QED) is 0.458. The summed E-state index contributed by atoms with van der Waals surface area (Å²) in [5.74, 6) is 0. The summed E-state index contributed by atoms with van der Waals surface area (Å²) in [6, 6.07) is 5.99. The van der Waals surface area contributed by atoms with Crippen molar-refractivity contribution in [2.24, 2.45) is 0 Å². The van der Waals surface area contributed by atoms with Crippen LogP contribution in [0.5, 0.6) is 0 Å². The van der Waals surface area contributed by atoms with Crippen molar-refractivity contribution < 1.29 is 40.4 Å². The van der Waals surface area contributed by atoms with Gasteiger partial charge >= 0.3 is 0 Å². The molecule has 1 aromatic rings. The first-order valence-corrected chi connectivity index (χ1v) is 6.96. The molecule has 0 amide bonds. The van der Waals surface area contributed by atoms with Gasteiger partial charge in [0.2, 0.25) is 0 Å². The van der Waals surface area contributed by atoms with Gasteiger partial charge in [0.05, 0.1) is 32.6 Å². The number of aryl methyl sites for hydroxylation is 1. The zero-order valence-electron chi connectivity index (χ0n) is 12.2. The van der Waals surface area contributed by atoms with Crippen molar-refractivity contribution in [3.8, 4) is 0 Å². The zero-order valence-corrected chi connectivity index (χ0v) is 13.7. The van der Waals surface area contributed by atoms with Crippen LogP contribution in [0.15, 0.2) is 29.2 Å². The van der Waals surface area contributed by atoms with Gasteiger partial charge in [-0.3, -0.25) is 4.55 Å². The van der Waals surface area contributed by atoms with Gasteiger partial charge < -0.3 is 27.5 Å². The van der Waals surface area contributed by atoms with Crippen LogP contribution < -0.4 is 12.4 Å². The molecule has 0 radical (unpaired) electrons. The lowest BCUT2D eigenvalue weighted by atomic mass is 10.2. The van der Waals surface area contributed by atoms with E-state index in [1.165, 1.54) is 12.1 Å². The number of benzene rings is 1. The van der Waals surface area contributed by atoms with Gasteiger partial charge in [-0.15, -0.1) is 0 Å². The van der Waals surface area contributed by atoms with Crippen LogP contribution in [0, 0.1) is 6.92 Å². The summed E-state index contributed by atoms with van der Waals surface area (Å²) in [5.41, 5.74) is 0.956. The lowest BCUT2D eigenvalue weighted by Gasteiger charge is -2.21. The van der Waals surface area contributed by atoms with E-state index in [4.69, 9.17) is 9.66 Å².